The van der Waals surface area contributed by atoms with Crippen molar-refractivity contribution < 1.29 is 4.74 Å². The standard InChI is InChI=1S/C48H33N3OS/c1-5-17-34(18-6-1)49(35-19-7-2-8-20-35)39-32-44(48-46(33-39)52-45-27-15-16-28-47(45)53-48)50(36-21-9-3-10-22-36)38-29-30-43-41(31-38)40-25-13-14-26-42(40)51(43)37-23-11-4-12-24-37/h1-33H. The quantitative estimate of drug-likeness (QED) is 0.165. The lowest BCUT2D eigenvalue weighted by molar-refractivity contribution is 0.455. The van der Waals surface area contributed by atoms with Crippen LogP contribution in [0.5, 0.6) is 11.5 Å². The molecule has 4 nitrogen and oxygen atoms in total. The van der Waals surface area contributed by atoms with E-state index >= 15 is 0 Å². The van der Waals surface area contributed by atoms with E-state index in [0.29, 0.717) is 0 Å². The third kappa shape index (κ3) is 5.50. The first-order valence-corrected chi connectivity index (χ1v) is 18.6. The summed E-state index contributed by atoms with van der Waals surface area (Å²) in [6.45, 7) is 0. The minimum absolute atomic E-state index is 0.820. The Balaban J connectivity index is 1.24. The van der Waals surface area contributed by atoms with Gasteiger partial charge < -0.3 is 19.1 Å². The average Bonchev–Trinajstić information content (AvgIpc) is 3.56. The molecule has 0 unspecified atom stereocenters. The maximum atomic E-state index is 6.81. The molecule has 252 valence electrons. The number of anilines is 6. The van der Waals surface area contributed by atoms with Crippen molar-refractivity contribution >= 4 is 67.7 Å². The Morgan fingerprint density at radius 2 is 0.962 bits per heavy atom. The summed E-state index contributed by atoms with van der Waals surface area (Å²) >= 11 is 1.76. The van der Waals surface area contributed by atoms with Crippen LogP contribution in [0.1, 0.15) is 0 Å². The van der Waals surface area contributed by atoms with Crippen molar-refractivity contribution in [3.8, 4) is 17.2 Å². The summed E-state index contributed by atoms with van der Waals surface area (Å²) in [5.41, 5.74) is 9.76. The first-order chi connectivity index (χ1) is 26.3. The first kappa shape index (κ1) is 31.1. The van der Waals surface area contributed by atoms with Crippen LogP contribution in [0.25, 0.3) is 27.5 Å². The first-order valence-electron chi connectivity index (χ1n) is 17.8. The van der Waals surface area contributed by atoms with Crippen LogP contribution in [-0.2, 0) is 0 Å². The fourth-order valence-corrected chi connectivity index (χ4v) is 8.49. The Morgan fingerprint density at radius 3 is 1.66 bits per heavy atom. The smallest absolute Gasteiger partial charge is 0.145 e. The molecule has 1 aliphatic heterocycles. The van der Waals surface area contributed by atoms with Crippen molar-refractivity contribution in [2.45, 2.75) is 9.79 Å². The van der Waals surface area contributed by atoms with Crippen molar-refractivity contribution in [1.29, 1.82) is 0 Å². The molecule has 0 saturated heterocycles. The van der Waals surface area contributed by atoms with Gasteiger partial charge in [0.15, 0.2) is 0 Å². The zero-order chi connectivity index (χ0) is 35.1. The maximum Gasteiger partial charge on any atom is 0.145 e. The van der Waals surface area contributed by atoms with Gasteiger partial charge in [0.2, 0.25) is 0 Å². The van der Waals surface area contributed by atoms with E-state index in [0.717, 1.165) is 66.6 Å². The Morgan fingerprint density at radius 1 is 0.396 bits per heavy atom. The summed E-state index contributed by atoms with van der Waals surface area (Å²) in [5, 5.41) is 2.40. The van der Waals surface area contributed by atoms with E-state index in [1.807, 2.05) is 6.07 Å². The molecule has 53 heavy (non-hydrogen) atoms. The summed E-state index contributed by atoms with van der Waals surface area (Å²) in [7, 11) is 0. The van der Waals surface area contributed by atoms with Crippen molar-refractivity contribution in [3.63, 3.8) is 0 Å². The number of aromatic nitrogens is 1. The molecule has 0 radical (unpaired) electrons. The fourth-order valence-electron chi connectivity index (χ4n) is 7.46. The van der Waals surface area contributed by atoms with Gasteiger partial charge in [-0.2, -0.15) is 0 Å². The van der Waals surface area contributed by atoms with E-state index in [-0.39, 0.29) is 0 Å². The number of benzene rings is 8. The van der Waals surface area contributed by atoms with Crippen LogP contribution in [0.2, 0.25) is 0 Å². The maximum absolute atomic E-state index is 6.81. The summed E-state index contributed by atoms with van der Waals surface area (Å²) in [6, 6.07) is 70.7. The van der Waals surface area contributed by atoms with E-state index in [1.165, 1.54) is 16.3 Å². The van der Waals surface area contributed by atoms with Gasteiger partial charge in [0.05, 0.1) is 32.2 Å². The minimum atomic E-state index is 0.820. The van der Waals surface area contributed by atoms with Gasteiger partial charge in [-0.25, -0.2) is 0 Å². The second-order valence-corrected chi connectivity index (χ2v) is 14.1. The molecular weight excluding hydrogens is 667 g/mol. The second-order valence-electron chi connectivity index (χ2n) is 13.0. The van der Waals surface area contributed by atoms with Gasteiger partial charge in [-0.1, -0.05) is 115 Å². The minimum Gasteiger partial charge on any atom is -0.455 e. The highest BCUT2D eigenvalue weighted by atomic mass is 32.2. The molecule has 5 heteroatoms. The zero-order valence-corrected chi connectivity index (χ0v) is 29.5. The van der Waals surface area contributed by atoms with Crippen molar-refractivity contribution in [2.75, 3.05) is 9.80 Å². The highest BCUT2D eigenvalue weighted by Crippen LogP contribution is 2.56. The number of fused-ring (bicyclic) bond motifs is 5. The molecule has 0 fully saturated rings. The normalized spacial score (nSPS) is 11.8. The topological polar surface area (TPSA) is 20.6 Å². The molecule has 0 amide bonds. The molecule has 10 rings (SSSR count). The van der Waals surface area contributed by atoms with Crippen molar-refractivity contribution in [3.05, 3.63) is 200 Å². The predicted octanol–water partition coefficient (Wildman–Crippen LogP) is 14.0. The molecular formula is C48H33N3OS. The van der Waals surface area contributed by atoms with Crippen LogP contribution < -0.4 is 14.5 Å². The third-order valence-electron chi connectivity index (χ3n) is 9.77. The van der Waals surface area contributed by atoms with Gasteiger partial charge >= 0.3 is 0 Å². The van der Waals surface area contributed by atoms with E-state index in [1.54, 1.807) is 11.8 Å². The third-order valence-corrected chi connectivity index (χ3v) is 10.9. The zero-order valence-electron chi connectivity index (χ0n) is 28.7. The van der Waals surface area contributed by atoms with E-state index in [9.17, 15) is 0 Å². The molecule has 0 N–H and O–H groups in total. The van der Waals surface area contributed by atoms with Crippen molar-refractivity contribution in [2.24, 2.45) is 0 Å². The molecule has 0 saturated carbocycles. The number of nitrogens with zero attached hydrogens (tertiary/aromatic N) is 3. The molecule has 0 atom stereocenters. The van der Waals surface area contributed by atoms with Crippen LogP contribution in [0.4, 0.5) is 34.1 Å². The van der Waals surface area contributed by atoms with Crippen LogP contribution in [-0.4, -0.2) is 4.57 Å². The SMILES string of the molecule is c1ccc(N(c2ccccc2)c2cc3c(c(N(c4ccccc4)c4ccc5c(c4)c4ccccc4n5-c4ccccc4)c2)Sc2ccccc2O3)cc1. The van der Waals surface area contributed by atoms with Gasteiger partial charge in [-0.05, 0) is 91.0 Å². The molecule has 9 aromatic rings. The summed E-state index contributed by atoms with van der Waals surface area (Å²) in [4.78, 5) is 6.84. The monoisotopic (exact) mass is 699 g/mol. The highest BCUT2D eigenvalue weighted by molar-refractivity contribution is 7.99. The Labute approximate surface area is 312 Å². The fraction of sp³-hybridized carbons (Fsp3) is 0. The number of rotatable bonds is 7. The molecule has 2 heterocycles. The van der Waals surface area contributed by atoms with Crippen LogP contribution in [0.3, 0.4) is 0 Å². The number of para-hydroxylation sites is 6. The van der Waals surface area contributed by atoms with Crippen LogP contribution >= 0.6 is 11.8 Å². The molecule has 8 aromatic carbocycles. The summed E-state index contributed by atoms with van der Waals surface area (Å²) in [6.07, 6.45) is 0. The predicted molar refractivity (Wildman–Crippen MR) is 221 cm³/mol. The molecule has 0 spiro atoms. The van der Waals surface area contributed by atoms with E-state index < -0.39 is 0 Å². The number of ether oxygens (including phenoxy) is 1. The van der Waals surface area contributed by atoms with Crippen LogP contribution in [0, 0.1) is 0 Å². The summed E-state index contributed by atoms with van der Waals surface area (Å²) in [5.74, 6) is 1.68. The van der Waals surface area contributed by atoms with E-state index in [2.05, 4.69) is 208 Å². The Kier molecular flexibility index (Phi) is 7.70. The van der Waals surface area contributed by atoms with Crippen molar-refractivity contribution in [1.82, 2.24) is 4.57 Å². The average molecular weight is 700 g/mol. The van der Waals surface area contributed by atoms with Gasteiger partial charge in [0.1, 0.15) is 11.5 Å². The largest absolute Gasteiger partial charge is 0.455 e. The molecule has 0 bridgehead atoms. The lowest BCUT2D eigenvalue weighted by Crippen LogP contribution is -2.15. The van der Waals surface area contributed by atoms with Gasteiger partial charge in [-0.3, -0.25) is 0 Å². The molecule has 0 aliphatic carbocycles. The number of hydrogen-bond donors (Lipinski definition) is 0. The van der Waals surface area contributed by atoms with Gasteiger partial charge in [0.25, 0.3) is 0 Å². The highest BCUT2D eigenvalue weighted by Gasteiger charge is 2.28. The van der Waals surface area contributed by atoms with Crippen LogP contribution in [0.15, 0.2) is 210 Å². The number of hydrogen-bond acceptors (Lipinski definition) is 4. The lowest BCUT2D eigenvalue weighted by atomic mass is 10.1. The second kappa shape index (κ2) is 13.1. The van der Waals surface area contributed by atoms with E-state index in [4.69, 9.17) is 4.74 Å². The summed E-state index contributed by atoms with van der Waals surface area (Å²) < 4.78 is 9.17. The molecule has 1 aliphatic rings. The van der Waals surface area contributed by atoms with Gasteiger partial charge in [-0.15, -0.1) is 0 Å². The lowest BCUT2D eigenvalue weighted by Gasteiger charge is -2.33. The molecule has 1 aromatic heterocycles. The van der Waals surface area contributed by atoms with Gasteiger partial charge in [0, 0.05) is 45.3 Å². The Bertz CT molecular complexity index is 2690. The Hall–Kier alpha value is -6.69.